The van der Waals surface area contributed by atoms with Crippen molar-refractivity contribution < 1.29 is 14.6 Å². The van der Waals surface area contributed by atoms with Gasteiger partial charge in [-0.25, -0.2) is 4.99 Å². The molecule has 1 unspecified atom stereocenters. The quantitative estimate of drug-likeness (QED) is 0.849. The fraction of sp³-hybridized carbons (Fsp3) is 0.500. The average Bonchev–Trinajstić information content (AvgIpc) is 3.30. The molecule has 1 aromatic heterocycles. The Labute approximate surface area is 149 Å². The van der Waals surface area contributed by atoms with E-state index in [1.165, 1.54) is 11.8 Å². The predicted molar refractivity (Wildman–Crippen MR) is 95.0 cm³/mol. The molecule has 1 saturated carbocycles. The van der Waals surface area contributed by atoms with Gasteiger partial charge in [-0.05, 0) is 31.3 Å². The number of carbonyl (C=O) groups excluding carboxylic acids is 1. The molecule has 0 radical (unpaired) electrons. The maximum atomic E-state index is 12.8. The van der Waals surface area contributed by atoms with Crippen LogP contribution in [0.15, 0.2) is 34.3 Å². The Balaban J connectivity index is 1.69. The molecule has 5 rings (SSSR count). The number of H-pyrrole nitrogens is 1. The Morgan fingerprint density at radius 1 is 1.32 bits per heavy atom. The van der Waals surface area contributed by atoms with Gasteiger partial charge < -0.3 is 9.84 Å². The zero-order valence-corrected chi connectivity index (χ0v) is 14.6. The lowest BCUT2D eigenvalue weighted by Crippen LogP contribution is -2.41. The Morgan fingerprint density at radius 3 is 2.92 bits per heavy atom. The number of hydrogen-bond acceptors (Lipinski definition) is 5. The van der Waals surface area contributed by atoms with E-state index in [4.69, 9.17) is 4.74 Å². The number of aliphatic hydroxyl groups is 1. The van der Waals surface area contributed by atoms with E-state index in [2.05, 4.69) is 15.2 Å². The molecule has 4 aliphatic rings. The first-order chi connectivity index (χ1) is 12.2. The molecule has 0 saturated heterocycles. The summed E-state index contributed by atoms with van der Waals surface area (Å²) in [7, 11) is 0. The maximum Gasteiger partial charge on any atom is 0.264 e. The number of allylic oxidation sites excluding steroid dienone is 1. The number of aliphatic imine (C=N–C) groups is 1. The molecular weight excluding hydrogens is 338 g/mol. The summed E-state index contributed by atoms with van der Waals surface area (Å²) < 4.78 is 6.06. The van der Waals surface area contributed by atoms with Gasteiger partial charge in [0.1, 0.15) is 16.6 Å². The van der Waals surface area contributed by atoms with Crippen molar-refractivity contribution in [1.29, 1.82) is 0 Å². The highest BCUT2D eigenvalue weighted by atomic mass is 32.2. The molecule has 2 N–H and O–H groups in total. The van der Waals surface area contributed by atoms with Gasteiger partial charge in [-0.15, -0.1) is 11.8 Å². The van der Waals surface area contributed by atoms with E-state index in [0.717, 1.165) is 53.1 Å². The van der Waals surface area contributed by atoms with Crippen LogP contribution in [0.4, 0.5) is 0 Å². The highest BCUT2D eigenvalue weighted by molar-refractivity contribution is 8.10. The molecule has 3 aliphatic heterocycles. The van der Waals surface area contributed by atoms with E-state index in [1.807, 2.05) is 6.20 Å². The smallest absolute Gasteiger partial charge is 0.264 e. The first kappa shape index (κ1) is 15.4. The Kier molecular flexibility index (Phi) is 3.43. The first-order valence-corrected chi connectivity index (χ1v) is 9.67. The molecule has 130 valence electrons. The molecule has 7 heteroatoms. The van der Waals surface area contributed by atoms with Crippen molar-refractivity contribution in [2.45, 2.75) is 49.4 Å². The summed E-state index contributed by atoms with van der Waals surface area (Å²) in [5.74, 6) is 0.604. The van der Waals surface area contributed by atoms with Crippen LogP contribution in [0.3, 0.4) is 0 Å². The van der Waals surface area contributed by atoms with Crippen LogP contribution in [0.2, 0.25) is 0 Å². The van der Waals surface area contributed by atoms with Crippen molar-refractivity contribution in [2.75, 3.05) is 6.61 Å². The van der Waals surface area contributed by atoms with E-state index in [9.17, 15) is 9.90 Å². The van der Waals surface area contributed by atoms with Gasteiger partial charge in [0, 0.05) is 17.3 Å². The summed E-state index contributed by atoms with van der Waals surface area (Å²) in [6.45, 7) is 0.608. The monoisotopic (exact) mass is 357 g/mol. The number of dihydropyridines is 1. The molecule has 1 aliphatic carbocycles. The Bertz CT molecular complexity index is 832. The molecule has 4 heterocycles. The highest BCUT2D eigenvalue weighted by Gasteiger charge is 2.48. The predicted octanol–water partition coefficient (Wildman–Crippen LogP) is 2.59. The van der Waals surface area contributed by atoms with Crippen molar-refractivity contribution in [3.05, 3.63) is 34.9 Å². The van der Waals surface area contributed by atoms with E-state index in [0.29, 0.717) is 25.2 Å². The summed E-state index contributed by atoms with van der Waals surface area (Å²) >= 11 is 1.49. The lowest BCUT2D eigenvalue weighted by molar-refractivity contribution is -0.116. The second-order valence-corrected chi connectivity index (χ2v) is 8.14. The molecule has 1 aromatic rings. The third-order valence-electron chi connectivity index (χ3n) is 5.46. The van der Waals surface area contributed by atoms with Crippen LogP contribution in [0.25, 0.3) is 4.91 Å². The molecule has 0 aromatic carbocycles. The molecule has 0 bridgehead atoms. The maximum absolute atomic E-state index is 12.8. The number of hydrogen-bond donors (Lipinski definition) is 2. The average molecular weight is 357 g/mol. The Hall–Kier alpha value is -1.86. The SMILES string of the molecule is O=C1N=C(C2(O)CCCC2)C2=C3C(=C(c4cn[nH]c4)SC13)OCCC2. The molecule has 1 fully saturated rings. The second kappa shape index (κ2) is 5.57. The third-order valence-corrected chi connectivity index (χ3v) is 6.79. The van der Waals surface area contributed by atoms with Gasteiger partial charge >= 0.3 is 0 Å². The second-order valence-electron chi connectivity index (χ2n) is 7.02. The summed E-state index contributed by atoms with van der Waals surface area (Å²) in [6.07, 6.45) is 8.54. The highest BCUT2D eigenvalue weighted by Crippen LogP contribution is 2.53. The largest absolute Gasteiger partial charge is 0.492 e. The topological polar surface area (TPSA) is 87.6 Å². The van der Waals surface area contributed by atoms with Crippen molar-refractivity contribution in [2.24, 2.45) is 4.99 Å². The molecule has 1 atom stereocenters. The van der Waals surface area contributed by atoms with Crippen LogP contribution in [-0.2, 0) is 9.53 Å². The summed E-state index contributed by atoms with van der Waals surface area (Å²) in [4.78, 5) is 18.1. The van der Waals surface area contributed by atoms with E-state index in [1.54, 1.807) is 6.20 Å². The summed E-state index contributed by atoms with van der Waals surface area (Å²) in [5.41, 5.74) is 2.55. The summed E-state index contributed by atoms with van der Waals surface area (Å²) in [5, 5.41) is 17.6. The number of aromatic nitrogens is 2. The minimum absolute atomic E-state index is 0.180. The third kappa shape index (κ3) is 2.25. The Morgan fingerprint density at radius 2 is 2.16 bits per heavy atom. The number of amides is 1. The van der Waals surface area contributed by atoms with Crippen molar-refractivity contribution >= 4 is 28.3 Å². The lowest BCUT2D eigenvalue weighted by atomic mass is 9.82. The van der Waals surface area contributed by atoms with Gasteiger partial charge in [-0.3, -0.25) is 9.89 Å². The zero-order chi connectivity index (χ0) is 17.0. The van der Waals surface area contributed by atoms with Crippen molar-refractivity contribution in [3.63, 3.8) is 0 Å². The van der Waals surface area contributed by atoms with Crippen LogP contribution >= 0.6 is 11.8 Å². The fourth-order valence-electron chi connectivity index (χ4n) is 4.28. The minimum Gasteiger partial charge on any atom is -0.492 e. The van der Waals surface area contributed by atoms with Gasteiger partial charge in [0.05, 0.1) is 23.4 Å². The summed E-state index contributed by atoms with van der Waals surface area (Å²) in [6, 6.07) is 0. The van der Waals surface area contributed by atoms with Crippen LogP contribution in [0.1, 0.15) is 44.1 Å². The number of thioether (sulfide) groups is 1. The molecule has 25 heavy (non-hydrogen) atoms. The van der Waals surface area contributed by atoms with Gasteiger partial charge in [0.2, 0.25) is 0 Å². The van der Waals surface area contributed by atoms with Crippen LogP contribution < -0.4 is 0 Å². The molecule has 6 nitrogen and oxygen atoms in total. The van der Waals surface area contributed by atoms with Crippen LogP contribution in [0, 0.1) is 0 Å². The van der Waals surface area contributed by atoms with Crippen LogP contribution in [-0.4, -0.2) is 44.4 Å². The van der Waals surface area contributed by atoms with Crippen molar-refractivity contribution in [1.82, 2.24) is 10.2 Å². The van der Waals surface area contributed by atoms with Gasteiger partial charge in [-0.1, -0.05) is 12.8 Å². The number of carbonyl (C=O) groups is 1. The van der Waals surface area contributed by atoms with Crippen molar-refractivity contribution in [3.8, 4) is 0 Å². The van der Waals surface area contributed by atoms with Gasteiger partial charge in [-0.2, -0.15) is 5.10 Å². The molecule has 0 spiro atoms. The van der Waals surface area contributed by atoms with Crippen LogP contribution in [0.5, 0.6) is 0 Å². The standard InChI is InChI=1S/C18H19N3O3S/c22-17-15-12-11(16(21-17)18(23)5-1-2-6-18)4-3-7-24-13(12)14(25-15)10-8-19-20-9-10/h8-9,15,23H,1-7H2,(H,19,20). The number of rotatable bonds is 2. The zero-order valence-electron chi connectivity index (χ0n) is 13.7. The number of nitrogens with one attached hydrogen (secondary N) is 1. The number of aromatic amines is 1. The minimum atomic E-state index is -0.957. The number of nitrogens with zero attached hydrogens (tertiary/aromatic N) is 2. The van der Waals surface area contributed by atoms with Gasteiger partial charge in [0.25, 0.3) is 5.91 Å². The van der Waals surface area contributed by atoms with E-state index in [-0.39, 0.29) is 11.2 Å². The number of ether oxygens (including phenoxy) is 1. The van der Waals surface area contributed by atoms with E-state index >= 15 is 0 Å². The first-order valence-electron chi connectivity index (χ1n) is 8.79. The molecule has 1 amide bonds. The van der Waals surface area contributed by atoms with Gasteiger partial charge in [0.15, 0.2) is 0 Å². The van der Waals surface area contributed by atoms with E-state index < -0.39 is 5.60 Å². The fourth-order valence-corrected chi connectivity index (χ4v) is 5.56. The normalized spacial score (nSPS) is 28.0. The molecular formula is C18H19N3O3S. The lowest BCUT2D eigenvalue weighted by Gasteiger charge is -2.30.